The molecule has 2 saturated heterocycles. The first kappa shape index (κ1) is 17.5. The average molecular weight is 343 g/mol. The summed E-state index contributed by atoms with van der Waals surface area (Å²) in [5, 5.41) is 9.58. The molecule has 2 fully saturated rings. The van der Waals surface area contributed by atoms with Crippen LogP contribution in [-0.4, -0.2) is 53.8 Å². The number of pyridine rings is 1. The summed E-state index contributed by atoms with van der Waals surface area (Å²) >= 11 is 0. The Hall–Kier alpha value is -1.34. The Kier molecular flexibility index (Phi) is 5.30. The van der Waals surface area contributed by atoms with Crippen LogP contribution in [0.2, 0.25) is 0 Å². The summed E-state index contributed by atoms with van der Waals surface area (Å²) < 4.78 is 37.8. The van der Waals surface area contributed by atoms with Gasteiger partial charge in [-0.2, -0.15) is 13.2 Å². The number of aliphatic hydroxyl groups is 1. The second-order valence-corrected chi connectivity index (χ2v) is 6.89. The van der Waals surface area contributed by atoms with Crippen LogP contribution < -0.4 is 4.90 Å². The quantitative estimate of drug-likeness (QED) is 0.916. The van der Waals surface area contributed by atoms with Gasteiger partial charge in [0, 0.05) is 32.7 Å². The van der Waals surface area contributed by atoms with E-state index in [-0.39, 0.29) is 6.10 Å². The van der Waals surface area contributed by atoms with E-state index in [0.29, 0.717) is 5.92 Å². The lowest BCUT2D eigenvalue weighted by Crippen LogP contribution is -2.44. The van der Waals surface area contributed by atoms with E-state index in [9.17, 15) is 18.3 Å². The molecule has 4 nitrogen and oxygen atoms in total. The normalized spacial score (nSPS) is 24.3. The monoisotopic (exact) mass is 343 g/mol. The van der Waals surface area contributed by atoms with E-state index in [1.165, 1.54) is 12.3 Å². The van der Waals surface area contributed by atoms with Gasteiger partial charge in [-0.05, 0) is 43.7 Å². The Bertz CT molecular complexity index is 527. The second-order valence-electron chi connectivity index (χ2n) is 6.89. The van der Waals surface area contributed by atoms with Crippen molar-refractivity contribution in [1.82, 2.24) is 9.88 Å². The molecule has 0 amide bonds. The van der Waals surface area contributed by atoms with Gasteiger partial charge in [-0.1, -0.05) is 0 Å². The molecule has 2 aliphatic rings. The zero-order valence-corrected chi connectivity index (χ0v) is 13.7. The highest BCUT2D eigenvalue weighted by atomic mass is 19.4. The summed E-state index contributed by atoms with van der Waals surface area (Å²) in [5.41, 5.74) is -0.0755. The number of hydrogen-bond donors (Lipinski definition) is 1. The Morgan fingerprint density at radius 2 is 1.88 bits per heavy atom. The third-order valence-corrected chi connectivity index (χ3v) is 5.00. The highest BCUT2D eigenvalue weighted by Crippen LogP contribution is 2.30. The lowest BCUT2D eigenvalue weighted by atomic mass is 9.96. The van der Waals surface area contributed by atoms with Gasteiger partial charge in [0.15, 0.2) is 0 Å². The maximum atomic E-state index is 12.6. The van der Waals surface area contributed by atoms with Crippen molar-refractivity contribution in [2.45, 2.75) is 38.0 Å². The van der Waals surface area contributed by atoms with E-state index in [2.05, 4.69) is 14.8 Å². The average Bonchev–Trinajstić information content (AvgIpc) is 2.57. The highest BCUT2D eigenvalue weighted by Gasteiger charge is 2.32. The number of anilines is 1. The molecule has 134 valence electrons. The van der Waals surface area contributed by atoms with E-state index in [4.69, 9.17) is 0 Å². The van der Waals surface area contributed by atoms with Crippen molar-refractivity contribution in [2.75, 3.05) is 37.6 Å². The van der Waals surface area contributed by atoms with Crippen molar-refractivity contribution in [3.63, 3.8) is 0 Å². The number of piperidine rings is 2. The number of aromatic nitrogens is 1. The fourth-order valence-corrected chi connectivity index (χ4v) is 3.66. The Balaban J connectivity index is 1.57. The maximum absolute atomic E-state index is 12.6. The summed E-state index contributed by atoms with van der Waals surface area (Å²) in [5.74, 6) is 0.510. The molecule has 0 aliphatic carbocycles. The first-order valence-corrected chi connectivity index (χ1v) is 8.60. The van der Waals surface area contributed by atoms with Gasteiger partial charge in [0.05, 0.1) is 18.0 Å². The van der Waals surface area contributed by atoms with Crippen LogP contribution in [-0.2, 0) is 6.18 Å². The van der Waals surface area contributed by atoms with Crippen LogP contribution >= 0.6 is 0 Å². The van der Waals surface area contributed by atoms with Crippen LogP contribution in [0.5, 0.6) is 0 Å². The fraction of sp³-hybridized carbons (Fsp3) is 0.706. The molecule has 3 heterocycles. The van der Waals surface area contributed by atoms with E-state index in [1.54, 1.807) is 0 Å². The van der Waals surface area contributed by atoms with Crippen LogP contribution in [0, 0.1) is 5.92 Å². The standard InChI is InChI=1S/C17H24F3N3O/c18-17(19,20)16-4-3-14(10-21-16)23-7-1-2-13(12-23)11-22-8-5-15(24)6-9-22/h3-4,10,13,15,24H,1-2,5-9,11-12H2. The van der Waals surface area contributed by atoms with E-state index in [0.717, 1.165) is 70.2 Å². The van der Waals surface area contributed by atoms with Crippen molar-refractivity contribution in [1.29, 1.82) is 0 Å². The SMILES string of the molecule is OC1CCN(CC2CCCN(c3ccc(C(F)(F)F)nc3)C2)CC1. The zero-order valence-electron chi connectivity index (χ0n) is 13.7. The minimum Gasteiger partial charge on any atom is -0.393 e. The van der Waals surface area contributed by atoms with Crippen LogP contribution in [0.15, 0.2) is 18.3 Å². The largest absolute Gasteiger partial charge is 0.433 e. The van der Waals surface area contributed by atoms with Crippen LogP contribution in [0.1, 0.15) is 31.4 Å². The van der Waals surface area contributed by atoms with Crippen molar-refractivity contribution in [3.05, 3.63) is 24.0 Å². The molecule has 1 aromatic heterocycles. The molecule has 24 heavy (non-hydrogen) atoms. The third kappa shape index (κ3) is 4.39. The molecule has 0 bridgehead atoms. The van der Waals surface area contributed by atoms with Crippen molar-refractivity contribution in [3.8, 4) is 0 Å². The molecular formula is C17H24F3N3O. The molecule has 1 aromatic rings. The molecule has 0 radical (unpaired) electrons. The number of aliphatic hydroxyl groups excluding tert-OH is 1. The molecule has 0 spiro atoms. The summed E-state index contributed by atoms with van der Waals surface area (Å²) in [4.78, 5) is 8.10. The zero-order chi connectivity index (χ0) is 17.2. The molecule has 2 aliphatic heterocycles. The van der Waals surface area contributed by atoms with Crippen molar-refractivity contribution >= 4 is 5.69 Å². The summed E-state index contributed by atoms with van der Waals surface area (Å²) in [6, 6.07) is 2.58. The molecule has 1 atom stereocenters. The molecule has 7 heteroatoms. The Labute approximate surface area is 140 Å². The molecule has 3 rings (SSSR count). The second kappa shape index (κ2) is 7.27. The predicted octanol–water partition coefficient (Wildman–Crippen LogP) is 2.77. The molecular weight excluding hydrogens is 319 g/mol. The first-order valence-electron chi connectivity index (χ1n) is 8.60. The first-order chi connectivity index (χ1) is 11.4. The van der Waals surface area contributed by atoms with Gasteiger partial charge in [-0.25, -0.2) is 4.98 Å². The van der Waals surface area contributed by atoms with Gasteiger partial charge in [0.1, 0.15) is 5.69 Å². The Morgan fingerprint density at radius 3 is 2.50 bits per heavy atom. The topological polar surface area (TPSA) is 39.6 Å². The number of alkyl halides is 3. The molecule has 1 N–H and O–H groups in total. The summed E-state index contributed by atoms with van der Waals surface area (Å²) in [6.45, 7) is 4.57. The smallest absolute Gasteiger partial charge is 0.393 e. The molecule has 0 saturated carbocycles. The number of rotatable bonds is 3. The minimum atomic E-state index is -4.39. The number of nitrogens with zero attached hydrogens (tertiary/aromatic N) is 3. The highest BCUT2D eigenvalue weighted by molar-refractivity contribution is 5.45. The van der Waals surface area contributed by atoms with Gasteiger partial charge >= 0.3 is 6.18 Å². The van der Waals surface area contributed by atoms with E-state index >= 15 is 0 Å². The van der Waals surface area contributed by atoms with E-state index in [1.807, 2.05) is 0 Å². The maximum Gasteiger partial charge on any atom is 0.433 e. The van der Waals surface area contributed by atoms with Gasteiger partial charge in [-0.3, -0.25) is 0 Å². The summed E-state index contributed by atoms with van der Waals surface area (Å²) in [7, 11) is 0. The van der Waals surface area contributed by atoms with Gasteiger partial charge in [-0.15, -0.1) is 0 Å². The van der Waals surface area contributed by atoms with Crippen LogP contribution in [0.3, 0.4) is 0 Å². The van der Waals surface area contributed by atoms with Crippen molar-refractivity contribution in [2.24, 2.45) is 5.92 Å². The predicted molar refractivity (Wildman–Crippen MR) is 85.9 cm³/mol. The van der Waals surface area contributed by atoms with Crippen LogP contribution in [0.25, 0.3) is 0 Å². The van der Waals surface area contributed by atoms with E-state index < -0.39 is 11.9 Å². The van der Waals surface area contributed by atoms with Gasteiger partial charge < -0.3 is 14.9 Å². The van der Waals surface area contributed by atoms with Gasteiger partial charge in [0.25, 0.3) is 0 Å². The minimum absolute atomic E-state index is 0.165. The van der Waals surface area contributed by atoms with Crippen LogP contribution in [0.4, 0.5) is 18.9 Å². The molecule has 1 unspecified atom stereocenters. The summed E-state index contributed by atoms with van der Waals surface area (Å²) in [6.07, 6.45) is 0.636. The number of hydrogen-bond acceptors (Lipinski definition) is 4. The third-order valence-electron chi connectivity index (χ3n) is 5.00. The fourth-order valence-electron chi connectivity index (χ4n) is 3.66. The van der Waals surface area contributed by atoms with Gasteiger partial charge in [0.2, 0.25) is 0 Å². The lowest BCUT2D eigenvalue weighted by Gasteiger charge is -2.38. The lowest BCUT2D eigenvalue weighted by molar-refractivity contribution is -0.141. The number of likely N-dealkylation sites (tertiary alicyclic amines) is 1. The Morgan fingerprint density at radius 1 is 1.12 bits per heavy atom. The number of halogens is 3. The molecule has 0 aromatic carbocycles. The van der Waals surface area contributed by atoms with Crippen molar-refractivity contribution < 1.29 is 18.3 Å².